The average Bonchev–Trinajstić information content (AvgIpc) is 3.36. The van der Waals surface area contributed by atoms with Crippen LogP contribution in [0.2, 0.25) is 0 Å². The van der Waals surface area contributed by atoms with Gasteiger partial charge in [0.15, 0.2) is 17.8 Å². The van der Waals surface area contributed by atoms with Crippen LogP contribution >= 0.6 is 0 Å². The molecule has 3 aromatic rings. The van der Waals surface area contributed by atoms with Crippen molar-refractivity contribution in [2.24, 2.45) is 0 Å². The summed E-state index contributed by atoms with van der Waals surface area (Å²) in [7, 11) is 0. The van der Waals surface area contributed by atoms with Gasteiger partial charge in [0, 0.05) is 30.1 Å². The summed E-state index contributed by atoms with van der Waals surface area (Å²) in [4.78, 5) is 12.5. The normalized spacial score (nSPS) is 16.2. The maximum absolute atomic E-state index is 13.1. The monoisotopic (exact) mass is 385 g/mol. The number of benzene rings is 2. The lowest BCUT2D eigenvalue weighted by molar-refractivity contribution is -0.286. The fraction of sp³-hybridized carbons (Fsp3) is 0.111. The number of anilines is 2. The predicted molar refractivity (Wildman–Crippen MR) is 94.7 cm³/mol. The molecule has 5 rings (SSSR count). The highest BCUT2D eigenvalue weighted by molar-refractivity contribution is 5.95. The van der Waals surface area contributed by atoms with Gasteiger partial charge in [-0.2, -0.15) is 5.10 Å². The van der Waals surface area contributed by atoms with E-state index in [1.165, 1.54) is 12.1 Å². The number of amides is 1. The zero-order valence-corrected chi connectivity index (χ0v) is 14.1. The number of hydrogen-bond donors (Lipinski definition) is 3. The number of alkyl halides is 2. The zero-order valence-electron chi connectivity index (χ0n) is 14.1. The molecular weight excluding hydrogens is 372 g/mol. The molecule has 28 heavy (non-hydrogen) atoms. The van der Waals surface area contributed by atoms with Gasteiger partial charge in [-0.1, -0.05) is 0 Å². The van der Waals surface area contributed by atoms with Gasteiger partial charge in [-0.15, -0.1) is 8.78 Å². The Hall–Kier alpha value is -3.82. The Balaban J connectivity index is 1.26. The zero-order chi connectivity index (χ0) is 19.3. The lowest BCUT2D eigenvalue weighted by Gasteiger charge is -2.14. The minimum absolute atomic E-state index is 0.0702. The van der Waals surface area contributed by atoms with Crippen LogP contribution in [0.3, 0.4) is 0 Å². The number of aromatic nitrogens is 2. The minimum atomic E-state index is -3.67. The van der Waals surface area contributed by atoms with Crippen LogP contribution in [0.15, 0.2) is 54.9 Å². The highest BCUT2D eigenvalue weighted by Crippen LogP contribution is 2.46. The van der Waals surface area contributed by atoms with Crippen molar-refractivity contribution in [1.29, 1.82) is 0 Å². The quantitative estimate of drug-likeness (QED) is 0.643. The molecule has 0 atom stereocenters. The van der Waals surface area contributed by atoms with E-state index in [9.17, 15) is 13.6 Å². The van der Waals surface area contributed by atoms with Gasteiger partial charge >= 0.3 is 6.29 Å². The van der Waals surface area contributed by atoms with E-state index in [1.54, 1.807) is 41.3 Å². The molecule has 3 heterocycles. The van der Waals surface area contributed by atoms with Crippen LogP contribution in [0.5, 0.6) is 11.5 Å². The minimum Gasteiger partial charge on any atom is -0.395 e. The molecule has 2 aliphatic rings. The van der Waals surface area contributed by atoms with Crippen molar-refractivity contribution in [3.63, 3.8) is 0 Å². The Morgan fingerprint density at radius 3 is 2.32 bits per heavy atom. The van der Waals surface area contributed by atoms with E-state index in [0.717, 1.165) is 5.69 Å². The molecule has 2 aromatic carbocycles. The van der Waals surface area contributed by atoms with E-state index >= 15 is 0 Å². The number of nitrogens with one attached hydrogen (secondary N) is 3. The van der Waals surface area contributed by atoms with E-state index in [-0.39, 0.29) is 17.4 Å². The van der Waals surface area contributed by atoms with Gasteiger partial charge < -0.3 is 25.4 Å². The Kier molecular flexibility index (Phi) is 3.41. The molecule has 0 fully saturated rings. The summed E-state index contributed by atoms with van der Waals surface area (Å²) in [5, 5.41) is 12.9. The summed E-state index contributed by atoms with van der Waals surface area (Å²) in [6.07, 6.45) is -0.813. The Morgan fingerprint density at radius 1 is 1.11 bits per heavy atom. The summed E-state index contributed by atoms with van der Waals surface area (Å²) in [6.45, 7) is 0. The van der Waals surface area contributed by atoms with Crippen molar-refractivity contribution < 1.29 is 23.0 Å². The Labute approximate surface area is 157 Å². The summed E-state index contributed by atoms with van der Waals surface area (Å²) < 4.78 is 36.8. The summed E-state index contributed by atoms with van der Waals surface area (Å²) in [5.74, 6) is -0.449. The van der Waals surface area contributed by atoms with Crippen LogP contribution in [0.4, 0.5) is 20.2 Å². The van der Waals surface area contributed by atoms with Crippen molar-refractivity contribution in [2.45, 2.75) is 12.6 Å². The molecule has 10 heteroatoms. The van der Waals surface area contributed by atoms with Gasteiger partial charge in [-0.3, -0.25) is 4.79 Å². The molecule has 0 radical (unpaired) electrons. The average molecular weight is 385 g/mol. The molecule has 0 aliphatic carbocycles. The van der Waals surface area contributed by atoms with Gasteiger partial charge in [0.1, 0.15) is 0 Å². The second kappa shape index (κ2) is 5.84. The fourth-order valence-electron chi connectivity index (χ4n) is 3.06. The predicted octanol–water partition coefficient (Wildman–Crippen LogP) is 2.74. The molecule has 142 valence electrons. The largest absolute Gasteiger partial charge is 0.586 e. The van der Waals surface area contributed by atoms with E-state index in [1.807, 2.05) is 6.07 Å². The first-order valence-corrected chi connectivity index (χ1v) is 8.35. The molecule has 0 unspecified atom stereocenters. The lowest BCUT2D eigenvalue weighted by atomic mass is 10.2. The van der Waals surface area contributed by atoms with Crippen LogP contribution in [-0.2, 0) is 0 Å². The number of halogens is 2. The number of rotatable bonds is 3. The van der Waals surface area contributed by atoms with Crippen LogP contribution in [-0.4, -0.2) is 28.3 Å². The van der Waals surface area contributed by atoms with E-state index in [2.05, 4.69) is 30.5 Å². The van der Waals surface area contributed by atoms with Crippen molar-refractivity contribution in [1.82, 2.24) is 15.1 Å². The lowest BCUT2D eigenvalue weighted by Crippen LogP contribution is -2.42. The van der Waals surface area contributed by atoms with E-state index < -0.39 is 12.6 Å². The number of carbonyl (C=O) groups is 1. The van der Waals surface area contributed by atoms with Crippen molar-refractivity contribution in [3.05, 3.63) is 60.4 Å². The first-order valence-electron chi connectivity index (χ1n) is 8.35. The third-order valence-corrected chi connectivity index (χ3v) is 4.31. The van der Waals surface area contributed by atoms with Crippen molar-refractivity contribution in [3.8, 4) is 17.2 Å². The molecule has 0 bridgehead atoms. The number of hydrogen-bond acceptors (Lipinski definition) is 6. The second-order valence-electron chi connectivity index (χ2n) is 6.20. The van der Waals surface area contributed by atoms with Crippen molar-refractivity contribution in [2.75, 3.05) is 10.6 Å². The Morgan fingerprint density at radius 2 is 1.75 bits per heavy atom. The molecular formula is C18H13F2N5O3. The highest BCUT2D eigenvalue weighted by Gasteiger charge is 2.44. The van der Waals surface area contributed by atoms with Crippen LogP contribution in [0, 0.1) is 0 Å². The van der Waals surface area contributed by atoms with Gasteiger partial charge in [0.25, 0.3) is 5.91 Å². The van der Waals surface area contributed by atoms with Gasteiger partial charge in [-0.25, -0.2) is 4.68 Å². The summed E-state index contributed by atoms with van der Waals surface area (Å²) in [5.41, 5.74) is 2.32. The van der Waals surface area contributed by atoms with Crippen LogP contribution in [0.25, 0.3) is 5.69 Å². The van der Waals surface area contributed by atoms with Gasteiger partial charge in [0.2, 0.25) is 0 Å². The number of nitrogens with zero attached hydrogens (tertiary/aromatic N) is 2. The number of carbonyl (C=O) groups excluding carboxylic acids is 1. The molecule has 3 N–H and O–H groups in total. The fourth-order valence-corrected chi connectivity index (χ4v) is 3.06. The molecule has 8 nitrogen and oxygen atoms in total. The van der Waals surface area contributed by atoms with E-state index in [4.69, 9.17) is 0 Å². The maximum atomic E-state index is 13.1. The highest BCUT2D eigenvalue weighted by atomic mass is 19.3. The molecule has 2 aliphatic heterocycles. The third-order valence-electron chi connectivity index (χ3n) is 4.31. The molecule has 1 amide bonds. The van der Waals surface area contributed by atoms with Gasteiger partial charge in [0.05, 0.1) is 17.1 Å². The van der Waals surface area contributed by atoms with Crippen LogP contribution in [0.1, 0.15) is 10.4 Å². The molecule has 0 saturated carbocycles. The van der Waals surface area contributed by atoms with Crippen molar-refractivity contribution >= 4 is 17.3 Å². The second-order valence-corrected chi connectivity index (χ2v) is 6.20. The smallest absolute Gasteiger partial charge is 0.395 e. The Bertz CT molecular complexity index is 1020. The topological polar surface area (TPSA) is 89.4 Å². The van der Waals surface area contributed by atoms with E-state index in [0.29, 0.717) is 16.9 Å². The summed E-state index contributed by atoms with van der Waals surface area (Å²) in [6, 6.07) is 11.5. The number of fused-ring (bicyclic) bond motifs is 2. The first kappa shape index (κ1) is 16.4. The molecule has 0 spiro atoms. The summed E-state index contributed by atoms with van der Waals surface area (Å²) >= 11 is 0. The van der Waals surface area contributed by atoms with Crippen LogP contribution < -0.4 is 25.4 Å². The third kappa shape index (κ3) is 2.84. The molecule has 0 saturated heterocycles. The van der Waals surface area contributed by atoms with Gasteiger partial charge in [-0.05, 0) is 30.3 Å². The first-order chi connectivity index (χ1) is 13.5. The SMILES string of the molecule is O=C(NC1Nc2cc3c(cc2N1)OC(F)(F)O3)c1ccc(-n2cccn2)cc1. The molecule has 1 aromatic heterocycles. The number of ether oxygens (including phenoxy) is 2. The maximum Gasteiger partial charge on any atom is 0.586 e. The standard InChI is InChI=1S/C18H13F2N5O3/c19-18(20)27-14-8-12-13(9-15(14)28-18)23-17(22-12)24-16(26)10-2-4-11(5-3-10)25-7-1-6-21-25/h1-9,17,22-23H,(H,24,26).